The van der Waals surface area contributed by atoms with Crippen molar-refractivity contribution >= 4 is 17.5 Å². The van der Waals surface area contributed by atoms with Gasteiger partial charge in [0.15, 0.2) is 0 Å². The molecule has 1 saturated carbocycles. The van der Waals surface area contributed by atoms with E-state index in [1.54, 1.807) is 25.1 Å². The van der Waals surface area contributed by atoms with Gasteiger partial charge in [-0.05, 0) is 55.5 Å². The number of aryl methyl sites for hydroxylation is 1. The fourth-order valence-electron chi connectivity index (χ4n) is 4.34. The lowest BCUT2D eigenvalue weighted by molar-refractivity contribution is -0.137. The first-order chi connectivity index (χ1) is 15.8. The average molecular weight is 461 g/mol. The fraction of sp³-hybridized carbons (Fsp3) is 0.462. The van der Waals surface area contributed by atoms with Crippen LogP contribution in [0.1, 0.15) is 66.4 Å². The Bertz CT molecular complexity index is 953. The third kappa shape index (κ3) is 7.07. The number of nitrogens with zero attached hydrogens (tertiary/aromatic N) is 1. The van der Waals surface area contributed by atoms with Gasteiger partial charge in [-0.1, -0.05) is 49.9 Å². The normalized spacial score (nSPS) is 14.3. The Balaban J connectivity index is 1.65. The van der Waals surface area contributed by atoms with Gasteiger partial charge >= 0.3 is 6.18 Å². The molecule has 0 aliphatic heterocycles. The molecule has 1 fully saturated rings. The second-order valence-corrected chi connectivity index (χ2v) is 8.71. The molecule has 4 nitrogen and oxygen atoms in total. The van der Waals surface area contributed by atoms with Gasteiger partial charge in [0.2, 0.25) is 5.91 Å². The molecule has 0 unspecified atom stereocenters. The molecule has 2 aromatic rings. The Kier molecular flexibility index (Phi) is 8.53. The first kappa shape index (κ1) is 24.8. The van der Waals surface area contributed by atoms with Crippen LogP contribution in [0.25, 0.3) is 0 Å². The van der Waals surface area contributed by atoms with Gasteiger partial charge in [-0.25, -0.2) is 0 Å². The van der Waals surface area contributed by atoms with Crippen LogP contribution in [0.4, 0.5) is 18.9 Å². The molecule has 1 aliphatic rings. The largest absolute Gasteiger partial charge is 0.416 e. The van der Waals surface area contributed by atoms with Crippen LogP contribution in [0.2, 0.25) is 0 Å². The van der Waals surface area contributed by atoms with Crippen LogP contribution in [0.5, 0.6) is 0 Å². The van der Waals surface area contributed by atoms with Crippen molar-refractivity contribution in [3.63, 3.8) is 0 Å². The number of carbonyl (C=O) groups is 2. The van der Waals surface area contributed by atoms with Crippen molar-refractivity contribution in [2.24, 2.45) is 5.92 Å². The van der Waals surface area contributed by atoms with E-state index in [4.69, 9.17) is 0 Å². The van der Waals surface area contributed by atoms with E-state index in [1.807, 2.05) is 6.07 Å². The number of nitrogens with one attached hydrogen (secondary N) is 1. The molecule has 0 aromatic heterocycles. The highest BCUT2D eigenvalue weighted by molar-refractivity contribution is 6.07. The van der Waals surface area contributed by atoms with E-state index < -0.39 is 11.7 Å². The lowest BCUT2D eigenvalue weighted by Gasteiger charge is -2.25. The molecule has 33 heavy (non-hydrogen) atoms. The highest BCUT2D eigenvalue weighted by Gasteiger charge is 2.31. The molecule has 178 valence electrons. The van der Waals surface area contributed by atoms with Gasteiger partial charge in [0, 0.05) is 30.8 Å². The van der Waals surface area contributed by atoms with E-state index in [0.29, 0.717) is 30.9 Å². The van der Waals surface area contributed by atoms with Crippen LogP contribution in [-0.4, -0.2) is 24.9 Å². The summed E-state index contributed by atoms with van der Waals surface area (Å²) in [4.78, 5) is 26.8. The average Bonchev–Trinajstić information content (AvgIpc) is 3.31. The van der Waals surface area contributed by atoms with E-state index in [-0.39, 0.29) is 24.0 Å². The number of carbonyl (C=O) groups excluding carboxylic acids is 2. The summed E-state index contributed by atoms with van der Waals surface area (Å²) in [5.74, 6) is 0.261. The fourth-order valence-corrected chi connectivity index (χ4v) is 4.34. The highest BCUT2D eigenvalue weighted by atomic mass is 19.4. The zero-order valence-corrected chi connectivity index (χ0v) is 19.0. The third-order valence-corrected chi connectivity index (χ3v) is 6.24. The second-order valence-electron chi connectivity index (χ2n) is 8.71. The molecule has 0 atom stereocenters. The number of hydrogen-bond donors (Lipinski definition) is 1. The zero-order valence-electron chi connectivity index (χ0n) is 19.0. The summed E-state index contributed by atoms with van der Waals surface area (Å²) in [7, 11) is 0. The number of alkyl halides is 3. The quantitative estimate of drug-likeness (QED) is 0.457. The van der Waals surface area contributed by atoms with Crippen LogP contribution >= 0.6 is 0 Å². The van der Waals surface area contributed by atoms with Crippen molar-refractivity contribution in [3.05, 3.63) is 65.2 Å². The summed E-state index contributed by atoms with van der Waals surface area (Å²) in [6.45, 7) is 2.35. The van der Waals surface area contributed by atoms with Crippen LogP contribution < -0.4 is 10.2 Å². The van der Waals surface area contributed by atoms with Crippen molar-refractivity contribution in [1.82, 2.24) is 5.32 Å². The molecule has 0 radical (unpaired) electrons. The van der Waals surface area contributed by atoms with Gasteiger partial charge < -0.3 is 10.2 Å². The topological polar surface area (TPSA) is 49.4 Å². The van der Waals surface area contributed by atoms with Crippen LogP contribution in [0.15, 0.2) is 48.5 Å². The second kappa shape index (κ2) is 11.3. The van der Waals surface area contributed by atoms with Crippen molar-refractivity contribution < 1.29 is 22.8 Å². The van der Waals surface area contributed by atoms with E-state index in [0.717, 1.165) is 24.1 Å². The van der Waals surface area contributed by atoms with Crippen molar-refractivity contribution in [1.29, 1.82) is 0 Å². The molecule has 7 heteroatoms. The SMILES string of the molecule is Cc1ccccc1C(=O)N(CCCNC(=O)CCC1CCCC1)c1cccc(C(F)(F)F)c1. The number of amides is 2. The minimum absolute atomic E-state index is 0.0160. The van der Waals surface area contributed by atoms with Gasteiger partial charge in [0.25, 0.3) is 5.91 Å². The molecule has 0 bridgehead atoms. The molecule has 2 aromatic carbocycles. The Morgan fingerprint density at radius 3 is 2.48 bits per heavy atom. The predicted molar refractivity (Wildman–Crippen MR) is 123 cm³/mol. The number of rotatable bonds is 9. The van der Waals surface area contributed by atoms with Crippen molar-refractivity contribution in [2.45, 2.75) is 58.0 Å². The first-order valence-corrected chi connectivity index (χ1v) is 11.6. The maximum Gasteiger partial charge on any atom is 0.416 e. The summed E-state index contributed by atoms with van der Waals surface area (Å²) in [5.41, 5.74) is 0.573. The minimum Gasteiger partial charge on any atom is -0.356 e. The lowest BCUT2D eigenvalue weighted by atomic mass is 10.0. The van der Waals surface area contributed by atoms with E-state index in [9.17, 15) is 22.8 Å². The summed E-state index contributed by atoms with van der Waals surface area (Å²) < 4.78 is 39.7. The van der Waals surface area contributed by atoms with Crippen molar-refractivity contribution in [2.75, 3.05) is 18.0 Å². The van der Waals surface area contributed by atoms with Crippen molar-refractivity contribution in [3.8, 4) is 0 Å². The summed E-state index contributed by atoms with van der Waals surface area (Å²) in [6.07, 6.45) is 2.20. The number of benzene rings is 2. The highest BCUT2D eigenvalue weighted by Crippen LogP contribution is 2.32. The Morgan fingerprint density at radius 2 is 1.79 bits per heavy atom. The molecule has 2 amide bonds. The monoisotopic (exact) mass is 460 g/mol. The Labute approximate surface area is 193 Å². The number of anilines is 1. The molecule has 1 aliphatic carbocycles. The van der Waals surface area contributed by atoms with E-state index in [2.05, 4.69) is 5.32 Å². The van der Waals surface area contributed by atoms with Gasteiger partial charge in [0.05, 0.1) is 5.56 Å². The number of hydrogen-bond acceptors (Lipinski definition) is 2. The maximum atomic E-state index is 13.3. The summed E-state index contributed by atoms with van der Waals surface area (Å²) >= 11 is 0. The summed E-state index contributed by atoms with van der Waals surface area (Å²) in [5, 5.41) is 2.88. The van der Waals surface area contributed by atoms with E-state index in [1.165, 1.54) is 42.7 Å². The molecular formula is C26H31F3N2O2. The van der Waals surface area contributed by atoms with Gasteiger partial charge in [-0.15, -0.1) is 0 Å². The Morgan fingerprint density at radius 1 is 1.06 bits per heavy atom. The molecule has 0 heterocycles. The van der Waals surface area contributed by atoms with E-state index >= 15 is 0 Å². The minimum atomic E-state index is -4.50. The first-order valence-electron chi connectivity index (χ1n) is 11.6. The van der Waals surface area contributed by atoms with Gasteiger partial charge in [0.1, 0.15) is 0 Å². The van der Waals surface area contributed by atoms with Gasteiger partial charge in [-0.2, -0.15) is 13.2 Å². The molecule has 1 N–H and O–H groups in total. The lowest BCUT2D eigenvalue weighted by Crippen LogP contribution is -2.35. The van der Waals surface area contributed by atoms with Gasteiger partial charge in [-0.3, -0.25) is 9.59 Å². The summed E-state index contributed by atoms with van der Waals surface area (Å²) in [6, 6.07) is 11.8. The third-order valence-electron chi connectivity index (χ3n) is 6.24. The zero-order chi connectivity index (χ0) is 23.8. The van der Waals surface area contributed by atoms with Crippen LogP contribution in [0.3, 0.4) is 0 Å². The predicted octanol–water partition coefficient (Wildman–Crippen LogP) is 6.14. The maximum absolute atomic E-state index is 13.3. The molecule has 0 saturated heterocycles. The molecular weight excluding hydrogens is 429 g/mol. The molecule has 3 rings (SSSR count). The molecule has 0 spiro atoms. The Hall–Kier alpha value is -2.83. The smallest absolute Gasteiger partial charge is 0.356 e. The van der Waals surface area contributed by atoms with Crippen LogP contribution in [-0.2, 0) is 11.0 Å². The number of halogens is 3. The standard InChI is InChI=1S/C26H31F3N2O2/c1-19-8-2-5-13-23(19)25(33)31(22-12-6-11-21(18-22)26(27,28)29)17-7-16-30-24(32)15-14-20-9-3-4-10-20/h2,5-6,8,11-13,18,20H,3-4,7,9-10,14-17H2,1H3,(H,30,32). The van der Waals surface area contributed by atoms with Crippen LogP contribution in [0, 0.1) is 12.8 Å².